The zero-order chi connectivity index (χ0) is 16.7. The van der Waals surface area contributed by atoms with Crippen LogP contribution >= 0.6 is 43.6 Å². The summed E-state index contributed by atoms with van der Waals surface area (Å²) in [4.78, 5) is 18.8. The molecule has 24 heavy (non-hydrogen) atoms. The molecule has 1 atom stereocenters. The second kappa shape index (κ2) is 6.50. The Morgan fingerprint density at radius 3 is 2.29 bits per heavy atom. The van der Waals surface area contributed by atoms with Crippen LogP contribution in [0.3, 0.4) is 0 Å². The summed E-state index contributed by atoms with van der Waals surface area (Å²) in [5.41, 5.74) is 3.03. The maximum absolute atomic E-state index is 12.3. The Bertz CT molecular complexity index is 860. The van der Waals surface area contributed by atoms with Gasteiger partial charge in [0.25, 0.3) is 0 Å². The number of amides is 1. The Balaban J connectivity index is 1.80. The van der Waals surface area contributed by atoms with E-state index in [1.807, 2.05) is 48.5 Å². The summed E-state index contributed by atoms with van der Waals surface area (Å²) in [6.07, 6.45) is 2.07. The molecule has 0 saturated carbocycles. The van der Waals surface area contributed by atoms with Crippen LogP contribution in [0.5, 0.6) is 0 Å². The molecule has 120 valence electrons. The normalized spacial score (nSPS) is 19.8. The quantitative estimate of drug-likeness (QED) is 0.610. The van der Waals surface area contributed by atoms with Crippen molar-refractivity contribution in [3.05, 3.63) is 74.7 Å². The highest BCUT2D eigenvalue weighted by Crippen LogP contribution is 2.38. The smallest absolute Gasteiger partial charge is 0.239 e. The molecule has 1 fully saturated rings. The number of aliphatic imine (C=N–C) groups is 1. The summed E-state index contributed by atoms with van der Waals surface area (Å²) in [6.45, 7) is 0. The van der Waals surface area contributed by atoms with Crippen LogP contribution in [0.15, 0.2) is 68.5 Å². The first-order valence-electron chi connectivity index (χ1n) is 7.38. The van der Waals surface area contributed by atoms with E-state index in [0.717, 1.165) is 30.9 Å². The SMILES string of the molecule is O=C1CSC2=NC(c3ccc(Br)cc3)=C[C@H](c3ccc(Br)cc3)N12. The van der Waals surface area contributed by atoms with Crippen LogP contribution in [-0.2, 0) is 4.79 Å². The molecule has 2 aromatic rings. The second-order valence-corrected chi connectivity index (χ2v) is 8.28. The predicted molar refractivity (Wildman–Crippen MR) is 106 cm³/mol. The lowest BCUT2D eigenvalue weighted by atomic mass is 10.0. The van der Waals surface area contributed by atoms with Gasteiger partial charge in [0, 0.05) is 14.5 Å². The lowest BCUT2D eigenvalue weighted by Gasteiger charge is -2.29. The van der Waals surface area contributed by atoms with E-state index in [0.29, 0.717) is 5.75 Å². The Hall–Kier alpha value is -1.37. The van der Waals surface area contributed by atoms with E-state index >= 15 is 0 Å². The summed E-state index contributed by atoms with van der Waals surface area (Å²) in [6, 6.07) is 16.1. The number of carbonyl (C=O) groups excluding carboxylic acids is 1. The lowest BCUT2D eigenvalue weighted by molar-refractivity contribution is -0.125. The third-order valence-electron chi connectivity index (χ3n) is 3.96. The van der Waals surface area contributed by atoms with Gasteiger partial charge in [0.15, 0.2) is 5.17 Å². The van der Waals surface area contributed by atoms with Crippen LogP contribution in [0.4, 0.5) is 0 Å². The molecule has 0 spiro atoms. The molecule has 1 saturated heterocycles. The van der Waals surface area contributed by atoms with Crippen molar-refractivity contribution in [1.82, 2.24) is 4.90 Å². The van der Waals surface area contributed by atoms with Crippen LogP contribution < -0.4 is 0 Å². The fourth-order valence-electron chi connectivity index (χ4n) is 2.78. The van der Waals surface area contributed by atoms with Gasteiger partial charge in [0.1, 0.15) is 0 Å². The topological polar surface area (TPSA) is 32.7 Å². The molecular weight excluding hydrogens is 452 g/mol. The number of benzene rings is 2. The van der Waals surface area contributed by atoms with Gasteiger partial charge in [-0.25, -0.2) is 4.99 Å². The molecule has 2 aliphatic rings. The summed E-state index contributed by atoms with van der Waals surface area (Å²) in [5, 5.41) is 0.785. The second-order valence-electron chi connectivity index (χ2n) is 5.50. The van der Waals surface area contributed by atoms with Gasteiger partial charge in [-0.1, -0.05) is 67.9 Å². The molecular formula is C18H12Br2N2OS. The minimum atomic E-state index is -0.119. The standard InChI is InChI=1S/C18H12Br2N2OS/c19-13-5-1-11(2-6-13)15-9-16(12-3-7-14(20)8-4-12)22-17(23)10-24-18(22)21-15/h1-9,16H,10H2/t16-/m1/s1. The summed E-state index contributed by atoms with van der Waals surface area (Å²) < 4.78 is 2.06. The largest absolute Gasteiger partial charge is 0.279 e. The molecule has 1 amide bonds. The number of carbonyl (C=O) groups is 1. The van der Waals surface area contributed by atoms with Crippen molar-refractivity contribution in [2.75, 3.05) is 5.75 Å². The van der Waals surface area contributed by atoms with Crippen LogP contribution in [0, 0.1) is 0 Å². The van der Waals surface area contributed by atoms with E-state index in [1.165, 1.54) is 11.8 Å². The average Bonchev–Trinajstić information content (AvgIpc) is 2.97. The number of hydrogen-bond donors (Lipinski definition) is 0. The fourth-order valence-corrected chi connectivity index (χ4v) is 4.22. The molecule has 0 radical (unpaired) electrons. The Kier molecular flexibility index (Phi) is 4.37. The van der Waals surface area contributed by atoms with E-state index in [9.17, 15) is 4.79 Å². The zero-order valence-electron chi connectivity index (χ0n) is 12.4. The van der Waals surface area contributed by atoms with Crippen molar-refractivity contribution in [1.29, 1.82) is 0 Å². The zero-order valence-corrected chi connectivity index (χ0v) is 16.4. The number of thioether (sulfide) groups is 1. The predicted octanol–water partition coefficient (Wildman–Crippen LogP) is 5.24. The van der Waals surface area contributed by atoms with Gasteiger partial charge in [-0.15, -0.1) is 0 Å². The molecule has 3 nitrogen and oxygen atoms in total. The highest BCUT2D eigenvalue weighted by atomic mass is 79.9. The van der Waals surface area contributed by atoms with Crippen molar-refractivity contribution in [3.8, 4) is 0 Å². The van der Waals surface area contributed by atoms with Crippen molar-refractivity contribution < 1.29 is 4.79 Å². The van der Waals surface area contributed by atoms with Crippen molar-refractivity contribution in [2.24, 2.45) is 4.99 Å². The van der Waals surface area contributed by atoms with E-state index in [-0.39, 0.29) is 11.9 Å². The highest BCUT2D eigenvalue weighted by molar-refractivity contribution is 9.10. The third kappa shape index (κ3) is 2.98. The van der Waals surface area contributed by atoms with Crippen molar-refractivity contribution in [2.45, 2.75) is 6.04 Å². The average molecular weight is 464 g/mol. The number of halogens is 2. The number of fused-ring (bicyclic) bond motifs is 1. The molecule has 0 bridgehead atoms. The van der Waals surface area contributed by atoms with Crippen LogP contribution in [0.25, 0.3) is 5.70 Å². The molecule has 0 aromatic heterocycles. The Morgan fingerprint density at radius 2 is 1.62 bits per heavy atom. The molecule has 0 N–H and O–H groups in total. The minimum absolute atomic E-state index is 0.109. The highest BCUT2D eigenvalue weighted by Gasteiger charge is 2.37. The summed E-state index contributed by atoms with van der Waals surface area (Å²) >= 11 is 8.43. The molecule has 2 aromatic carbocycles. The minimum Gasteiger partial charge on any atom is -0.279 e. The number of amidine groups is 1. The fraction of sp³-hybridized carbons (Fsp3) is 0.111. The van der Waals surface area contributed by atoms with Gasteiger partial charge in [-0.05, 0) is 35.9 Å². The molecule has 2 aliphatic heterocycles. The Morgan fingerprint density at radius 1 is 1.00 bits per heavy atom. The number of nitrogens with zero attached hydrogens (tertiary/aromatic N) is 2. The van der Waals surface area contributed by atoms with Crippen LogP contribution in [-0.4, -0.2) is 21.7 Å². The van der Waals surface area contributed by atoms with Gasteiger partial charge in [-0.2, -0.15) is 0 Å². The van der Waals surface area contributed by atoms with Gasteiger partial charge >= 0.3 is 0 Å². The van der Waals surface area contributed by atoms with E-state index in [4.69, 9.17) is 4.99 Å². The lowest BCUT2D eigenvalue weighted by Crippen LogP contribution is -2.34. The first-order valence-corrected chi connectivity index (χ1v) is 9.96. The summed E-state index contributed by atoms with van der Waals surface area (Å²) in [5.74, 6) is 0.561. The monoisotopic (exact) mass is 462 g/mol. The number of hydrogen-bond acceptors (Lipinski definition) is 3. The molecule has 0 unspecified atom stereocenters. The Labute approximate surface area is 161 Å². The molecule has 2 heterocycles. The van der Waals surface area contributed by atoms with Crippen LogP contribution in [0.1, 0.15) is 17.2 Å². The van der Waals surface area contributed by atoms with Gasteiger partial charge in [-0.3, -0.25) is 9.69 Å². The molecule has 0 aliphatic carbocycles. The maximum Gasteiger partial charge on any atom is 0.239 e. The summed E-state index contributed by atoms with van der Waals surface area (Å²) in [7, 11) is 0. The first kappa shape index (κ1) is 16.1. The van der Waals surface area contributed by atoms with E-state index < -0.39 is 0 Å². The number of rotatable bonds is 2. The van der Waals surface area contributed by atoms with Gasteiger partial charge in [0.05, 0.1) is 17.5 Å². The van der Waals surface area contributed by atoms with Crippen molar-refractivity contribution in [3.63, 3.8) is 0 Å². The van der Waals surface area contributed by atoms with Gasteiger partial charge in [0.2, 0.25) is 5.91 Å². The van der Waals surface area contributed by atoms with Gasteiger partial charge < -0.3 is 0 Å². The maximum atomic E-state index is 12.3. The molecule has 4 rings (SSSR count). The van der Waals surface area contributed by atoms with Crippen molar-refractivity contribution >= 4 is 60.4 Å². The molecule has 6 heteroatoms. The van der Waals surface area contributed by atoms with E-state index in [1.54, 1.807) is 4.90 Å². The third-order valence-corrected chi connectivity index (χ3v) is 5.96. The van der Waals surface area contributed by atoms with Crippen LogP contribution in [0.2, 0.25) is 0 Å². The first-order chi connectivity index (χ1) is 11.6. The van der Waals surface area contributed by atoms with E-state index in [2.05, 4.69) is 37.9 Å².